The maximum absolute atomic E-state index is 12.2. The Morgan fingerprint density at radius 2 is 2.06 bits per heavy atom. The van der Waals surface area contributed by atoms with Gasteiger partial charge in [-0.25, -0.2) is 19.7 Å². The topological polar surface area (TPSA) is 123 Å². The molecule has 0 spiro atoms. The number of aryl methyl sites for hydroxylation is 1. The van der Waals surface area contributed by atoms with Gasteiger partial charge in [-0.2, -0.15) is 4.98 Å². The molecule has 3 aromatic rings. The maximum atomic E-state index is 12.2. The zero-order valence-corrected chi connectivity index (χ0v) is 19.6. The van der Waals surface area contributed by atoms with Crippen molar-refractivity contribution in [2.45, 2.75) is 32.8 Å². The number of nitrogens with zero attached hydrogens (tertiary/aromatic N) is 5. The highest BCUT2D eigenvalue weighted by Gasteiger charge is 2.21. The maximum Gasteiger partial charge on any atom is 0.350 e. The molecular weight excluding hydrogens is 444 g/mol. The molecule has 4 rings (SSSR count). The van der Waals surface area contributed by atoms with Crippen LogP contribution in [0.2, 0.25) is 0 Å². The Kier molecular flexibility index (Phi) is 6.99. The molecule has 33 heavy (non-hydrogen) atoms. The van der Waals surface area contributed by atoms with Crippen molar-refractivity contribution in [2.75, 3.05) is 37.0 Å². The third-order valence-electron chi connectivity index (χ3n) is 5.22. The summed E-state index contributed by atoms with van der Waals surface area (Å²) in [6.07, 6.45) is 2.77. The monoisotopic (exact) mass is 470 g/mol. The number of pyridine rings is 1. The molecule has 1 aliphatic heterocycles. The van der Waals surface area contributed by atoms with Crippen LogP contribution in [0.3, 0.4) is 0 Å². The number of ether oxygens (including phenoxy) is 2. The van der Waals surface area contributed by atoms with E-state index in [2.05, 4.69) is 30.2 Å². The fourth-order valence-corrected chi connectivity index (χ4v) is 4.33. The SMILES string of the molecule is CCOC(=O)c1sc(Nc2nc(-c3ccc(OC)nc3)cc(N3CCC(O)CC3)n2)nc1C. The van der Waals surface area contributed by atoms with Gasteiger partial charge in [-0.1, -0.05) is 11.3 Å². The van der Waals surface area contributed by atoms with Gasteiger partial charge in [-0.3, -0.25) is 5.32 Å². The number of rotatable bonds is 7. The highest BCUT2D eigenvalue weighted by molar-refractivity contribution is 7.17. The van der Waals surface area contributed by atoms with Gasteiger partial charge in [-0.15, -0.1) is 0 Å². The fraction of sp³-hybridized carbons (Fsp3) is 0.409. The number of hydrogen-bond donors (Lipinski definition) is 2. The number of carbonyl (C=O) groups excluding carboxylic acids is 1. The zero-order chi connectivity index (χ0) is 23.4. The molecule has 11 heteroatoms. The van der Waals surface area contributed by atoms with Gasteiger partial charge in [0.1, 0.15) is 10.7 Å². The van der Waals surface area contributed by atoms with Gasteiger partial charge in [0.25, 0.3) is 0 Å². The second kappa shape index (κ2) is 10.1. The molecule has 3 aromatic heterocycles. The average molecular weight is 471 g/mol. The van der Waals surface area contributed by atoms with Crippen molar-refractivity contribution in [1.29, 1.82) is 0 Å². The molecule has 0 saturated carbocycles. The minimum absolute atomic E-state index is 0.287. The van der Waals surface area contributed by atoms with E-state index in [4.69, 9.17) is 9.47 Å². The first-order chi connectivity index (χ1) is 16.0. The third kappa shape index (κ3) is 5.37. The molecule has 0 aliphatic carbocycles. The number of methoxy groups -OCH3 is 1. The van der Waals surface area contributed by atoms with Crippen LogP contribution in [-0.2, 0) is 4.74 Å². The van der Waals surface area contributed by atoms with Crippen LogP contribution in [0.1, 0.15) is 35.1 Å². The highest BCUT2D eigenvalue weighted by atomic mass is 32.1. The van der Waals surface area contributed by atoms with Crippen LogP contribution in [0, 0.1) is 6.92 Å². The van der Waals surface area contributed by atoms with Crippen LogP contribution < -0.4 is 15.0 Å². The van der Waals surface area contributed by atoms with E-state index < -0.39 is 5.97 Å². The lowest BCUT2D eigenvalue weighted by molar-refractivity contribution is 0.0531. The number of carbonyl (C=O) groups is 1. The van der Waals surface area contributed by atoms with Crippen LogP contribution in [0.15, 0.2) is 24.4 Å². The molecule has 0 atom stereocenters. The number of aliphatic hydroxyl groups excluding tert-OH is 1. The fourth-order valence-electron chi connectivity index (χ4n) is 3.48. The van der Waals surface area contributed by atoms with Crippen LogP contribution >= 0.6 is 11.3 Å². The molecule has 1 fully saturated rings. The van der Waals surface area contributed by atoms with Gasteiger partial charge in [0.2, 0.25) is 11.8 Å². The van der Waals surface area contributed by atoms with Gasteiger partial charge in [0.05, 0.1) is 31.2 Å². The molecule has 1 aliphatic rings. The Morgan fingerprint density at radius 3 is 2.73 bits per heavy atom. The standard InChI is InChI=1S/C22H26N6O4S/c1-4-32-20(30)19-13(2)24-22(33-19)27-21-25-16(14-5-6-18(31-3)23-12-14)11-17(26-21)28-9-7-15(29)8-10-28/h5-6,11-12,15,29H,4,7-10H2,1-3H3,(H,24,25,26,27). The predicted octanol–water partition coefficient (Wildman–Crippen LogP) is 3.19. The number of nitrogens with one attached hydrogen (secondary N) is 1. The van der Waals surface area contributed by atoms with Crippen molar-refractivity contribution in [3.8, 4) is 17.1 Å². The lowest BCUT2D eigenvalue weighted by Crippen LogP contribution is -2.36. The molecule has 0 aromatic carbocycles. The Bertz CT molecular complexity index is 1110. The van der Waals surface area contributed by atoms with Crippen molar-refractivity contribution in [3.63, 3.8) is 0 Å². The summed E-state index contributed by atoms with van der Waals surface area (Å²) in [5.41, 5.74) is 2.08. The van der Waals surface area contributed by atoms with Crippen LogP contribution in [0.25, 0.3) is 11.3 Å². The highest BCUT2D eigenvalue weighted by Crippen LogP contribution is 2.29. The summed E-state index contributed by atoms with van der Waals surface area (Å²) in [4.78, 5) is 32.8. The Balaban J connectivity index is 1.67. The number of thiazole rings is 1. The van der Waals surface area contributed by atoms with Gasteiger partial charge < -0.3 is 19.5 Å². The number of esters is 1. The van der Waals surface area contributed by atoms with E-state index in [1.165, 1.54) is 11.3 Å². The minimum Gasteiger partial charge on any atom is -0.481 e. The molecule has 0 amide bonds. The Labute approximate surface area is 195 Å². The largest absolute Gasteiger partial charge is 0.481 e. The van der Waals surface area contributed by atoms with Gasteiger partial charge in [0, 0.05) is 37.0 Å². The first-order valence-electron chi connectivity index (χ1n) is 10.7. The van der Waals surface area contributed by atoms with Gasteiger partial charge >= 0.3 is 5.97 Å². The average Bonchev–Trinajstić information content (AvgIpc) is 3.19. The molecule has 174 valence electrons. The van der Waals surface area contributed by atoms with Gasteiger partial charge in [-0.05, 0) is 32.8 Å². The lowest BCUT2D eigenvalue weighted by Gasteiger charge is -2.30. The van der Waals surface area contributed by atoms with E-state index in [0.717, 1.165) is 11.4 Å². The summed E-state index contributed by atoms with van der Waals surface area (Å²) in [6, 6.07) is 5.56. The first kappa shape index (κ1) is 22.9. The smallest absolute Gasteiger partial charge is 0.350 e. The van der Waals surface area contributed by atoms with E-state index in [9.17, 15) is 9.90 Å². The predicted molar refractivity (Wildman–Crippen MR) is 125 cm³/mol. The Morgan fingerprint density at radius 1 is 1.27 bits per heavy atom. The van der Waals surface area contributed by atoms with Crippen molar-refractivity contribution < 1.29 is 19.4 Å². The van der Waals surface area contributed by atoms with Crippen molar-refractivity contribution >= 4 is 34.2 Å². The molecule has 1 saturated heterocycles. The quantitative estimate of drug-likeness (QED) is 0.498. The van der Waals surface area contributed by atoms with E-state index in [1.54, 1.807) is 33.2 Å². The molecule has 10 nitrogen and oxygen atoms in total. The van der Waals surface area contributed by atoms with Crippen LogP contribution in [0.4, 0.5) is 16.9 Å². The summed E-state index contributed by atoms with van der Waals surface area (Å²) in [5, 5.41) is 13.5. The minimum atomic E-state index is -0.396. The van der Waals surface area contributed by atoms with E-state index >= 15 is 0 Å². The summed E-state index contributed by atoms with van der Waals surface area (Å²) < 4.78 is 10.3. The third-order valence-corrected chi connectivity index (χ3v) is 6.27. The molecular formula is C22H26N6O4S. The molecule has 0 unspecified atom stereocenters. The molecule has 0 bridgehead atoms. The summed E-state index contributed by atoms with van der Waals surface area (Å²) in [7, 11) is 1.57. The molecule has 4 heterocycles. The number of piperidine rings is 1. The summed E-state index contributed by atoms with van der Waals surface area (Å²) >= 11 is 1.20. The normalized spacial score (nSPS) is 14.2. The van der Waals surface area contributed by atoms with Crippen molar-refractivity contribution in [2.24, 2.45) is 0 Å². The number of anilines is 3. The lowest BCUT2D eigenvalue weighted by atomic mass is 10.1. The zero-order valence-electron chi connectivity index (χ0n) is 18.7. The van der Waals surface area contributed by atoms with E-state index in [0.29, 0.717) is 65.8 Å². The number of aromatic nitrogens is 4. The first-order valence-corrected chi connectivity index (χ1v) is 11.5. The molecule has 0 radical (unpaired) electrons. The van der Waals surface area contributed by atoms with E-state index in [1.807, 2.05) is 12.1 Å². The summed E-state index contributed by atoms with van der Waals surface area (Å²) in [6.45, 7) is 5.22. The number of aliphatic hydroxyl groups is 1. The van der Waals surface area contributed by atoms with Crippen molar-refractivity contribution in [1.82, 2.24) is 19.9 Å². The van der Waals surface area contributed by atoms with Gasteiger partial charge in [0.15, 0.2) is 5.13 Å². The Hall–Kier alpha value is -3.31. The number of hydrogen-bond acceptors (Lipinski definition) is 11. The second-order valence-electron chi connectivity index (χ2n) is 7.52. The second-order valence-corrected chi connectivity index (χ2v) is 8.52. The molecule has 2 N–H and O–H groups in total. The van der Waals surface area contributed by atoms with Crippen molar-refractivity contribution in [3.05, 3.63) is 35.0 Å². The van der Waals surface area contributed by atoms with Crippen LogP contribution in [-0.4, -0.2) is 63.9 Å². The van der Waals surface area contributed by atoms with E-state index in [-0.39, 0.29) is 6.10 Å². The van der Waals surface area contributed by atoms with Crippen LogP contribution in [0.5, 0.6) is 5.88 Å². The summed E-state index contributed by atoms with van der Waals surface area (Å²) in [5.74, 6) is 1.21.